The maximum Gasteiger partial charge on any atom is 0.238 e. The van der Waals surface area contributed by atoms with E-state index in [-0.39, 0.29) is 24.4 Å². The van der Waals surface area contributed by atoms with Crippen LogP contribution in [0.3, 0.4) is 0 Å². The van der Waals surface area contributed by atoms with Crippen molar-refractivity contribution in [1.29, 1.82) is 5.26 Å². The van der Waals surface area contributed by atoms with Gasteiger partial charge in [0.15, 0.2) is 0 Å². The Bertz CT molecular complexity index is 366. The lowest BCUT2D eigenvalue weighted by Gasteiger charge is -2.35. The molecule has 1 fully saturated rings. The molecule has 1 saturated heterocycles. The van der Waals surface area contributed by atoms with Gasteiger partial charge in [-0.2, -0.15) is 5.26 Å². The fourth-order valence-electron chi connectivity index (χ4n) is 2.00. The first-order valence-corrected chi connectivity index (χ1v) is 6.37. The van der Waals surface area contributed by atoms with Gasteiger partial charge >= 0.3 is 0 Å². The normalized spacial score (nSPS) is 19.5. The minimum atomic E-state index is -0.313. The van der Waals surface area contributed by atoms with E-state index >= 15 is 0 Å². The molecule has 0 bridgehead atoms. The number of carbonyl (C=O) groups excluding carboxylic acids is 2. The number of nitriles is 1. The lowest BCUT2D eigenvalue weighted by atomic mass is 10.1. The average Bonchev–Trinajstić information content (AvgIpc) is 2.44. The number of amides is 2. The Morgan fingerprint density at radius 2 is 2.32 bits per heavy atom. The number of nitrogens with zero attached hydrogens (tertiary/aromatic N) is 3. The van der Waals surface area contributed by atoms with Gasteiger partial charge in [0.25, 0.3) is 0 Å². The second-order valence-corrected chi connectivity index (χ2v) is 4.53. The van der Waals surface area contributed by atoms with E-state index in [2.05, 4.69) is 10.6 Å². The fraction of sp³-hybridized carbons (Fsp3) is 0.750. The molecular formula is C12H21N5O2. The molecule has 0 radical (unpaired) electrons. The first kappa shape index (κ1) is 15.4. The summed E-state index contributed by atoms with van der Waals surface area (Å²) in [6.45, 7) is 2.61. The SMILES string of the molecule is CNC(=O)C1CNCCN1CC(=O)N(C)CCC#N. The van der Waals surface area contributed by atoms with Crippen LogP contribution in [-0.2, 0) is 9.59 Å². The lowest BCUT2D eigenvalue weighted by molar-refractivity contribution is -0.134. The van der Waals surface area contributed by atoms with Crippen LogP contribution in [-0.4, -0.2) is 74.5 Å². The molecule has 2 N–H and O–H groups in total. The van der Waals surface area contributed by atoms with Crippen molar-refractivity contribution in [2.45, 2.75) is 12.5 Å². The summed E-state index contributed by atoms with van der Waals surface area (Å²) in [4.78, 5) is 27.1. The highest BCUT2D eigenvalue weighted by atomic mass is 16.2. The van der Waals surface area contributed by atoms with Crippen LogP contribution < -0.4 is 10.6 Å². The van der Waals surface area contributed by atoms with Crippen molar-refractivity contribution in [3.8, 4) is 6.07 Å². The van der Waals surface area contributed by atoms with Gasteiger partial charge in [-0.25, -0.2) is 0 Å². The molecule has 0 aromatic rings. The monoisotopic (exact) mass is 267 g/mol. The highest BCUT2D eigenvalue weighted by Crippen LogP contribution is 2.04. The molecule has 106 valence electrons. The molecule has 1 heterocycles. The first-order valence-electron chi connectivity index (χ1n) is 6.37. The Labute approximate surface area is 113 Å². The van der Waals surface area contributed by atoms with Gasteiger partial charge in [0.1, 0.15) is 6.04 Å². The van der Waals surface area contributed by atoms with Gasteiger partial charge in [-0.1, -0.05) is 0 Å². The van der Waals surface area contributed by atoms with E-state index in [9.17, 15) is 9.59 Å². The van der Waals surface area contributed by atoms with E-state index in [4.69, 9.17) is 5.26 Å². The Morgan fingerprint density at radius 3 is 2.95 bits per heavy atom. The first-order chi connectivity index (χ1) is 9.10. The van der Waals surface area contributed by atoms with Crippen molar-refractivity contribution in [3.05, 3.63) is 0 Å². The van der Waals surface area contributed by atoms with Crippen LogP contribution in [0.2, 0.25) is 0 Å². The molecule has 1 unspecified atom stereocenters. The summed E-state index contributed by atoms with van der Waals surface area (Å²) in [5.41, 5.74) is 0. The third-order valence-corrected chi connectivity index (χ3v) is 3.23. The molecule has 0 spiro atoms. The zero-order valence-corrected chi connectivity index (χ0v) is 11.5. The summed E-state index contributed by atoms with van der Waals surface area (Å²) in [5.74, 6) is -0.147. The van der Waals surface area contributed by atoms with Gasteiger partial charge in [0.05, 0.1) is 19.0 Å². The fourth-order valence-corrected chi connectivity index (χ4v) is 2.00. The van der Waals surface area contributed by atoms with Crippen LogP contribution in [0.15, 0.2) is 0 Å². The second-order valence-electron chi connectivity index (χ2n) is 4.53. The standard InChI is InChI=1S/C12H21N5O2/c1-14-12(19)10-8-15-5-7-17(10)9-11(18)16(2)6-3-4-13/h10,15H,3,5-9H2,1-2H3,(H,14,19). The van der Waals surface area contributed by atoms with Crippen LogP contribution in [0, 0.1) is 11.3 Å². The lowest BCUT2D eigenvalue weighted by Crippen LogP contribution is -2.59. The largest absolute Gasteiger partial charge is 0.358 e. The predicted octanol–water partition coefficient (Wildman–Crippen LogP) is -1.62. The summed E-state index contributed by atoms with van der Waals surface area (Å²) in [6.07, 6.45) is 0.322. The smallest absolute Gasteiger partial charge is 0.238 e. The Balaban J connectivity index is 2.55. The molecule has 0 aliphatic carbocycles. The molecule has 0 saturated carbocycles. The maximum absolute atomic E-state index is 12.0. The number of nitrogens with one attached hydrogen (secondary N) is 2. The molecule has 1 aliphatic rings. The molecule has 0 aromatic heterocycles. The minimum absolute atomic E-state index is 0.0638. The zero-order valence-electron chi connectivity index (χ0n) is 11.5. The number of hydrogen-bond donors (Lipinski definition) is 2. The van der Waals surface area contributed by atoms with Crippen molar-refractivity contribution in [2.75, 3.05) is 46.8 Å². The van der Waals surface area contributed by atoms with Gasteiger partial charge in [0.2, 0.25) is 11.8 Å². The van der Waals surface area contributed by atoms with E-state index in [1.807, 2.05) is 11.0 Å². The number of piperazine rings is 1. The van der Waals surface area contributed by atoms with Crippen molar-refractivity contribution in [1.82, 2.24) is 20.4 Å². The van der Waals surface area contributed by atoms with Crippen molar-refractivity contribution < 1.29 is 9.59 Å². The second kappa shape index (κ2) is 7.71. The van der Waals surface area contributed by atoms with Gasteiger partial charge in [-0.15, -0.1) is 0 Å². The van der Waals surface area contributed by atoms with Crippen LogP contribution >= 0.6 is 0 Å². The molecule has 1 atom stereocenters. The zero-order chi connectivity index (χ0) is 14.3. The quantitative estimate of drug-likeness (QED) is 0.625. The molecule has 0 aromatic carbocycles. The number of carbonyl (C=O) groups is 2. The highest BCUT2D eigenvalue weighted by Gasteiger charge is 2.29. The van der Waals surface area contributed by atoms with E-state index in [1.54, 1.807) is 14.1 Å². The van der Waals surface area contributed by atoms with Crippen molar-refractivity contribution >= 4 is 11.8 Å². The van der Waals surface area contributed by atoms with Gasteiger partial charge in [-0.3, -0.25) is 14.5 Å². The summed E-state index contributed by atoms with van der Waals surface area (Å²) in [7, 11) is 3.27. The molecule has 7 nitrogen and oxygen atoms in total. The Kier molecular flexibility index (Phi) is 6.25. The average molecular weight is 267 g/mol. The van der Waals surface area contributed by atoms with Gasteiger partial charge in [0, 0.05) is 40.3 Å². The summed E-state index contributed by atoms with van der Waals surface area (Å²) < 4.78 is 0. The maximum atomic E-state index is 12.0. The van der Waals surface area contributed by atoms with E-state index < -0.39 is 0 Å². The Hall–Kier alpha value is -1.65. The minimum Gasteiger partial charge on any atom is -0.358 e. The van der Waals surface area contributed by atoms with E-state index in [0.717, 1.165) is 6.54 Å². The Morgan fingerprint density at radius 1 is 1.58 bits per heavy atom. The predicted molar refractivity (Wildman–Crippen MR) is 70.2 cm³/mol. The van der Waals surface area contributed by atoms with Gasteiger partial charge < -0.3 is 15.5 Å². The summed E-state index contributed by atoms with van der Waals surface area (Å²) in [5, 5.41) is 14.3. The van der Waals surface area contributed by atoms with Crippen LogP contribution in [0.25, 0.3) is 0 Å². The molecule has 7 heteroatoms. The number of likely N-dealkylation sites (N-methyl/N-ethyl adjacent to an activating group) is 2. The van der Waals surface area contributed by atoms with Crippen LogP contribution in [0.5, 0.6) is 0 Å². The highest BCUT2D eigenvalue weighted by molar-refractivity contribution is 5.83. The summed E-state index contributed by atoms with van der Waals surface area (Å²) in [6, 6.07) is 1.70. The molecule has 1 rings (SSSR count). The van der Waals surface area contributed by atoms with E-state index in [0.29, 0.717) is 26.1 Å². The third kappa shape index (κ3) is 4.50. The summed E-state index contributed by atoms with van der Waals surface area (Å²) >= 11 is 0. The van der Waals surface area contributed by atoms with E-state index in [1.165, 1.54) is 4.90 Å². The third-order valence-electron chi connectivity index (χ3n) is 3.23. The topological polar surface area (TPSA) is 88.5 Å². The molecule has 19 heavy (non-hydrogen) atoms. The van der Waals surface area contributed by atoms with Crippen molar-refractivity contribution in [3.63, 3.8) is 0 Å². The van der Waals surface area contributed by atoms with Crippen LogP contribution in [0.4, 0.5) is 0 Å². The van der Waals surface area contributed by atoms with Crippen LogP contribution in [0.1, 0.15) is 6.42 Å². The van der Waals surface area contributed by atoms with Crippen molar-refractivity contribution in [2.24, 2.45) is 0 Å². The number of rotatable bonds is 5. The molecule has 2 amide bonds. The molecular weight excluding hydrogens is 246 g/mol. The van der Waals surface area contributed by atoms with Gasteiger partial charge in [-0.05, 0) is 0 Å². The number of hydrogen-bond acceptors (Lipinski definition) is 5. The molecule has 1 aliphatic heterocycles.